The number of benzene rings is 2. The summed E-state index contributed by atoms with van der Waals surface area (Å²) < 4.78 is 11.8. The van der Waals surface area contributed by atoms with Crippen molar-refractivity contribution in [3.05, 3.63) is 63.0 Å². The van der Waals surface area contributed by atoms with Gasteiger partial charge in [0.05, 0.1) is 19.1 Å². The number of thiocarbonyl (C=S) groups is 1. The number of hydrogen-bond acceptors (Lipinski definition) is 7. The number of thioether (sulfide) groups is 1. The van der Waals surface area contributed by atoms with Crippen molar-refractivity contribution in [2.24, 2.45) is 0 Å². The molecule has 0 aromatic heterocycles. The Bertz CT molecular complexity index is 1140. The molecule has 1 fully saturated rings. The lowest BCUT2D eigenvalue weighted by atomic mass is 10.2. The van der Waals surface area contributed by atoms with Crippen LogP contribution in [0.5, 0.6) is 11.5 Å². The number of hydrazine groups is 1. The summed E-state index contributed by atoms with van der Waals surface area (Å²) in [7, 11) is 3.10. The number of carbonyl (C=O) groups is 3. The predicted molar refractivity (Wildman–Crippen MR) is 138 cm³/mol. The van der Waals surface area contributed by atoms with Crippen molar-refractivity contribution in [2.75, 3.05) is 20.8 Å². The Morgan fingerprint density at radius 1 is 1.09 bits per heavy atom. The van der Waals surface area contributed by atoms with E-state index in [0.717, 1.165) is 10.0 Å². The molecule has 1 saturated heterocycles. The number of nitrogens with zero attached hydrogens (tertiary/aromatic N) is 1. The second-order valence-corrected chi connectivity index (χ2v) is 9.65. The van der Waals surface area contributed by atoms with E-state index in [2.05, 4.69) is 26.8 Å². The fourth-order valence-corrected chi connectivity index (χ4v) is 4.62. The molecule has 1 aliphatic heterocycles. The number of ether oxygens (including phenoxy) is 2. The van der Waals surface area contributed by atoms with Gasteiger partial charge < -0.3 is 9.47 Å². The second-order valence-electron chi connectivity index (χ2n) is 7.06. The van der Waals surface area contributed by atoms with Gasteiger partial charge in [-0.25, -0.2) is 0 Å². The smallest absolute Gasteiger partial charge is 0.269 e. The fourth-order valence-electron chi connectivity index (χ4n) is 3.05. The lowest BCUT2D eigenvalue weighted by Gasteiger charge is -2.14. The van der Waals surface area contributed by atoms with Crippen molar-refractivity contribution in [1.82, 2.24) is 15.8 Å². The van der Waals surface area contributed by atoms with E-state index in [-0.39, 0.29) is 18.2 Å². The molecule has 2 aromatic carbocycles. The van der Waals surface area contributed by atoms with Gasteiger partial charge in [-0.1, -0.05) is 46.0 Å². The average Bonchev–Trinajstić information content (AvgIpc) is 3.10. The average molecular weight is 564 g/mol. The Morgan fingerprint density at radius 2 is 1.79 bits per heavy atom. The largest absolute Gasteiger partial charge is 0.493 e. The first kappa shape index (κ1) is 25.7. The van der Waals surface area contributed by atoms with Crippen molar-refractivity contribution in [1.29, 1.82) is 0 Å². The molecule has 3 amide bonds. The summed E-state index contributed by atoms with van der Waals surface area (Å²) in [6.45, 7) is 0.294. The second kappa shape index (κ2) is 12.0. The van der Waals surface area contributed by atoms with Crippen LogP contribution in [0.15, 0.2) is 51.8 Å². The van der Waals surface area contributed by atoms with Crippen LogP contribution >= 0.6 is 39.9 Å². The fraction of sp³-hybridized carbons (Fsp3) is 0.217. The number of carbonyl (C=O) groups excluding carboxylic acids is 3. The van der Waals surface area contributed by atoms with E-state index in [4.69, 9.17) is 21.7 Å². The van der Waals surface area contributed by atoms with Crippen molar-refractivity contribution in [2.45, 2.75) is 12.8 Å². The van der Waals surface area contributed by atoms with Gasteiger partial charge in [0.25, 0.3) is 11.8 Å². The first-order chi connectivity index (χ1) is 16.3. The van der Waals surface area contributed by atoms with E-state index >= 15 is 0 Å². The Labute approximate surface area is 215 Å². The number of nitrogens with one attached hydrogen (secondary N) is 2. The molecule has 11 heteroatoms. The van der Waals surface area contributed by atoms with Crippen molar-refractivity contribution < 1.29 is 23.9 Å². The van der Waals surface area contributed by atoms with E-state index in [9.17, 15) is 14.4 Å². The first-order valence-corrected chi connectivity index (χ1v) is 12.2. The van der Waals surface area contributed by atoms with Crippen LogP contribution in [0.1, 0.15) is 28.8 Å². The minimum Gasteiger partial charge on any atom is -0.493 e. The number of rotatable bonds is 8. The molecule has 1 heterocycles. The monoisotopic (exact) mass is 563 g/mol. The Kier molecular flexibility index (Phi) is 9.08. The summed E-state index contributed by atoms with van der Waals surface area (Å²) >= 11 is 9.86. The van der Waals surface area contributed by atoms with Crippen LogP contribution in [-0.4, -0.2) is 47.7 Å². The molecule has 2 N–H and O–H groups in total. The van der Waals surface area contributed by atoms with Gasteiger partial charge >= 0.3 is 0 Å². The highest BCUT2D eigenvalue weighted by molar-refractivity contribution is 9.10. The van der Waals surface area contributed by atoms with Gasteiger partial charge in [0.1, 0.15) is 4.32 Å². The lowest BCUT2D eigenvalue weighted by molar-refractivity contribution is -0.124. The molecule has 8 nitrogen and oxygen atoms in total. The molecule has 178 valence electrons. The summed E-state index contributed by atoms with van der Waals surface area (Å²) in [5.41, 5.74) is 5.95. The zero-order valence-electron chi connectivity index (χ0n) is 18.4. The molecule has 1 aliphatic rings. The van der Waals surface area contributed by atoms with Gasteiger partial charge in [0, 0.05) is 23.0 Å². The molecule has 0 aliphatic carbocycles. The van der Waals surface area contributed by atoms with E-state index in [1.807, 2.05) is 6.07 Å². The van der Waals surface area contributed by atoms with E-state index in [1.165, 1.54) is 16.7 Å². The summed E-state index contributed by atoms with van der Waals surface area (Å²) in [6, 6.07) is 12.1. The predicted octanol–water partition coefficient (Wildman–Crippen LogP) is 3.91. The summed E-state index contributed by atoms with van der Waals surface area (Å²) in [5, 5.41) is 0. The number of methoxy groups -OCH3 is 2. The van der Waals surface area contributed by atoms with Crippen LogP contribution in [0.3, 0.4) is 0 Å². The summed E-state index contributed by atoms with van der Waals surface area (Å²) in [6.07, 6.45) is 2.24. The van der Waals surface area contributed by atoms with Crippen molar-refractivity contribution in [3.8, 4) is 11.5 Å². The molecule has 0 bridgehead atoms. The Balaban J connectivity index is 1.49. The van der Waals surface area contributed by atoms with Crippen LogP contribution in [0, 0.1) is 0 Å². The van der Waals surface area contributed by atoms with Gasteiger partial charge in [-0.15, -0.1) is 0 Å². The topological polar surface area (TPSA) is 97.0 Å². The van der Waals surface area contributed by atoms with E-state index in [1.54, 1.807) is 56.7 Å². The third-order valence-corrected chi connectivity index (χ3v) is 6.69. The van der Waals surface area contributed by atoms with Gasteiger partial charge in [-0.3, -0.25) is 30.1 Å². The zero-order valence-corrected chi connectivity index (χ0v) is 21.6. The molecule has 3 rings (SSSR count). The quantitative estimate of drug-likeness (QED) is 0.285. The van der Waals surface area contributed by atoms with Gasteiger partial charge in [-0.2, -0.15) is 0 Å². The van der Waals surface area contributed by atoms with Crippen LogP contribution in [0.2, 0.25) is 0 Å². The molecular weight excluding hydrogens is 542 g/mol. The highest BCUT2D eigenvalue weighted by Gasteiger charge is 2.31. The van der Waals surface area contributed by atoms with Gasteiger partial charge in [0.15, 0.2) is 11.5 Å². The minimum atomic E-state index is -0.418. The molecular formula is C23H22BrN3O5S2. The Morgan fingerprint density at radius 3 is 2.47 bits per heavy atom. The van der Waals surface area contributed by atoms with E-state index in [0.29, 0.717) is 39.3 Å². The summed E-state index contributed by atoms with van der Waals surface area (Å²) in [5.74, 6) is 0.159. The molecule has 0 saturated carbocycles. The maximum atomic E-state index is 12.8. The molecule has 2 aromatic rings. The van der Waals surface area contributed by atoms with Crippen LogP contribution in [0.4, 0.5) is 0 Å². The van der Waals surface area contributed by atoms with Crippen molar-refractivity contribution >= 4 is 68.0 Å². The summed E-state index contributed by atoms with van der Waals surface area (Å²) in [4.78, 5) is 38.9. The zero-order chi connectivity index (χ0) is 24.7. The number of halogens is 1. The third-order valence-electron chi connectivity index (χ3n) is 4.79. The maximum absolute atomic E-state index is 12.8. The minimum absolute atomic E-state index is 0.117. The van der Waals surface area contributed by atoms with Gasteiger partial charge in [0.2, 0.25) is 5.91 Å². The highest BCUT2D eigenvalue weighted by Crippen LogP contribution is 2.34. The molecule has 34 heavy (non-hydrogen) atoms. The molecule has 0 radical (unpaired) electrons. The normalized spacial score (nSPS) is 14.3. The third kappa shape index (κ3) is 6.58. The lowest BCUT2D eigenvalue weighted by Crippen LogP contribution is -2.41. The van der Waals surface area contributed by atoms with Crippen LogP contribution in [0.25, 0.3) is 6.08 Å². The number of amides is 3. The highest BCUT2D eigenvalue weighted by atomic mass is 79.9. The van der Waals surface area contributed by atoms with Gasteiger partial charge in [-0.05, 0) is 54.5 Å². The van der Waals surface area contributed by atoms with E-state index < -0.39 is 5.91 Å². The molecule has 0 atom stereocenters. The SMILES string of the molecule is COc1ccc(/C=C2\SC(=S)N(CCCC(=O)NNC(=O)c3ccc(Br)cc3)C2=O)cc1OC. The van der Waals surface area contributed by atoms with Crippen LogP contribution < -0.4 is 20.3 Å². The van der Waals surface area contributed by atoms with Crippen LogP contribution in [-0.2, 0) is 9.59 Å². The van der Waals surface area contributed by atoms with Crippen molar-refractivity contribution in [3.63, 3.8) is 0 Å². The number of hydrogen-bond donors (Lipinski definition) is 2. The Hall–Kier alpha value is -2.89. The molecule has 0 spiro atoms. The molecule has 0 unspecified atom stereocenters. The maximum Gasteiger partial charge on any atom is 0.269 e. The first-order valence-electron chi connectivity index (χ1n) is 10.1. The standard InChI is InChI=1S/C23H22BrN3O5S2/c1-31-17-10-5-14(12-18(17)32-2)13-19-22(30)27(23(33)34-19)11-3-4-20(28)25-26-21(29)15-6-8-16(24)9-7-15/h5-10,12-13H,3-4,11H2,1-2H3,(H,25,28)(H,26,29)/b19-13-.